The highest BCUT2D eigenvalue weighted by atomic mass is 19.4. The van der Waals surface area contributed by atoms with Gasteiger partial charge in [0.15, 0.2) is 0 Å². The average molecular weight is 558 g/mol. The lowest BCUT2D eigenvalue weighted by Crippen LogP contribution is -2.53. The molecule has 2 amide bonds. The zero-order chi connectivity index (χ0) is 29.0. The van der Waals surface area contributed by atoms with Crippen LogP contribution in [0.1, 0.15) is 46.0 Å². The molecule has 1 N–H and O–H groups in total. The number of carbonyl (C=O) groups excluding carboxylic acids is 2. The van der Waals surface area contributed by atoms with Crippen LogP contribution in [0.5, 0.6) is 5.75 Å². The lowest BCUT2D eigenvalue weighted by molar-refractivity contribution is -0.274. The summed E-state index contributed by atoms with van der Waals surface area (Å²) >= 11 is 0. The van der Waals surface area contributed by atoms with Crippen molar-refractivity contribution in [3.8, 4) is 5.75 Å². The molecular formula is C30H34F3N3O4. The average Bonchev–Trinajstić information content (AvgIpc) is 3.68. The van der Waals surface area contributed by atoms with Crippen molar-refractivity contribution in [1.82, 2.24) is 15.1 Å². The van der Waals surface area contributed by atoms with Gasteiger partial charge in [0.2, 0.25) is 0 Å². The van der Waals surface area contributed by atoms with Crippen molar-refractivity contribution in [3.63, 3.8) is 0 Å². The first-order valence-electron chi connectivity index (χ1n) is 13.2. The van der Waals surface area contributed by atoms with E-state index in [1.807, 2.05) is 31.0 Å². The molecule has 2 fully saturated rings. The molecule has 1 saturated heterocycles. The molecule has 0 radical (unpaired) electrons. The number of amides is 2. The van der Waals surface area contributed by atoms with Crippen molar-refractivity contribution in [2.45, 2.75) is 39.2 Å². The Kier molecular flexibility index (Phi) is 8.88. The van der Waals surface area contributed by atoms with Crippen LogP contribution in [0.4, 0.5) is 13.2 Å². The zero-order valence-electron chi connectivity index (χ0n) is 22.7. The molecule has 0 atom stereocenters. The van der Waals surface area contributed by atoms with Gasteiger partial charge in [0.05, 0.1) is 12.7 Å². The predicted molar refractivity (Wildman–Crippen MR) is 146 cm³/mol. The number of nitrogens with one attached hydrogen (secondary N) is 1. The van der Waals surface area contributed by atoms with Crippen LogP contribution in [-0.4, -0.2) is 66.9 Å². The fourth-order valence-corrected chi connectivity index (χ4v) is 4.52. The van der Waals surface area contributed by atoms with Crippen LogP contribution >= 0.6 is 0 Å². The number of halogens is 3. The number of allylic oxidation sites excluding steroid dienone is 1. The van der Waals surface area contributed by atoms with E-state index in [1.54, 1.807) is 11.0 Å². The minimum absolute atomic E-state index is 0.163. The fourth-order valence-electron chi connectivity index (χ4n) is 4.52. The van der Waals surface area contributed by atoms with Crippen molar-refractivity contribution in [2.24, 2.45) is 5.92 Å². The molecule has 0 unspecified atom stereocenters. The van der Waals surface area contributed by atoms with E-state index in [0.29, 0.717) is 50.0 Å². The Morgan fingerprint density at radius 3 is 2.42 bits per heavy atom. The van der Waals surface area contributed by atoms with Gasteiger partial charge in [-0.25, -0.2) is 0 Å². The van der Waals surface area contributed by atoms with E-state index >= 15 is 0 Å². The van der Waals surface area contributed by atoms with Crippen molar-refractivity contribution in [1.29, 1.82) is 0 Å². The number of benzene rings is 2. The molecule has 7 nitrogen and oxygen atoms in total. The molecule has 1 heterocycles. The van der Waals surface area contributed by atoms with Gasteiger partial charge < -0.3 is 24.6 Å². The van der Waals surface area contributed by atoms with E-state index in [1.165, 1.54) is 12.1 Å². The topological polar surface area (TPSA) is 71.1 Å². The summed E-state index contributed by atoms with van der Waals surface area (Å²) in [6.45, 7) is 14.5. The fraction of sp³-hybridized carbons (Fsp3) is 0.400. The number of nitrogens with zero attached hydrogens (tertiary/aromatic N) is 2. The van der Waals surface area contributed by atoms with E-state index in [-0.39, 0.29) is 23.5 Å². The Morgan fingerprint density at radius 2 is 1.82 bits per heavy atom. The normalized spacial score (nSPS) is 15.9. The molecule has 1 saturated carbocycles. The van der Waals surface area contributed by atoms with Crippen LogP contribution in [0.25, 0.3) is 12.8 Å². The number of carbonyl (C=O) groups is 2. The quantitative estimate of drug-likeness (QED) is 0.428. The summed E-state index contributed by atoms with van der Waals surface area (Å²) in [5.41, 5.74) is 2.47. The Hall–Kier alpha value is -3.79. The Morgan fingerprint density at radius 1 is 1.15 bits per heavy atom. The first-order valence-corrected chi connectivity index (χ1v) is 13.2. The maximum Gasteiger partial charge on any atom is 0.573 e. The third kappa shape index (κ3) is 7.65. The number of hydrogen-bond acceptors (Lipinski definition) is 5. The second-order valence-corrected chi connectivity index (χ2v) is 10.3. The molecule has 4 rings (SSSR count). The van der Waals surface area contributed by atoms with E-state index in [2.05, 4.69) is 23.2 Å². The molecule has 214 valence electrons. The number of ether oxygens (including phenoxy) is 2. The number of rotatable bonds is 11. The van der Waals surface area contributed by atoms with Gasteiger partial charge in [-0.05, 0) is 67.8 Å². The van der Waals surface area contributed by atoms with Crippen LogP contribution in [0.2, 0.25) is 0 Å². The van der Waals surface area contributed by atoms with E-state index in [4.69, 9.17) is 4.74 Å². The molecule has 2 aromatic rings. The van der Waals surface area contributed by atoms with Gasteiger partial charge in [-0.1, -0.05) is 19.2 Å². The first-order chi connectivity index (χ1) is 18.9. The predicted octanol–water partition coefficient (Wildman–Crippen LogP) is 3.56. The third-order valence-electron chi connectivity index (χ3n) is 6.92. The molecule has 2 aromatic carbocycles. The van der Waals surface area contributed by atoms with Gasteiger partial charge in [-0.15, -0.1) is 13.2 Å². The molecule has 2 aliphatic rings. The van der Waals surface area contributed by atoms with Crippen LogP contribution in [0, 0.1) is 12.8 Å². The zero-order valence-corrected chi connectivity index (χ0v) is 22.7. The van der Waals surface area contributed by atoms with Gasteiger partial charge in [-0.3, -0.25) is 9.59 Å². The minimum atomic E-state index is -4.78. The summed E-state index contributed by atoms with van der Waals surface area (Å²) in [6, 6.07) is 8.50. The van der Waals surface area contributed by atoms with Crippen LogP contribution in [-0.2, 0) is 4.74 Å². The molecular weight excluding hydrogens is 523 g/mol. The highest BCUT2D eigenvalue weighted by Crippen LogP contribution is 2.25. The van der Waals surface area contributed by atoms with Crippen molar-refractivity contribution in [2.75, 3.05) is 32.8 Å². The summed E-state index contributed by atoms with van der Waals surface area (Å²) in [5.74, 6) is -0.629. The van der Waals surface area contributed by atoms with E-state index in [0.717, 1.165) is 46.7 Å². The minimum Gasteiger partial charge on any atom is -0.406 e. The maximum absolute atomic E-state index is 12.8. The maximum atomic E-state index is 12.8. The molecule has 1 aliphatic carbocycles. The number of likely N-dealkylation sites (tertiary alicyclic amines) is 1. The summed E-state index contributed by atoms with van der Waals surface area (Å²) in [6.07, 6.45) is -0.328. The van der Waals surface area contributed by atoms with Crippen LogP contribution < -0.4 is 20.5 Å². The largest absolute Gasteiger partial charge is 0.573 e. The summed E-state index contributed by atoms with van der Waals surface area (Å²) in [7, 11) is 0. The van der Waals surface area contributed by atoms with Crippen molar-refractivity contribution >= 4 is 24.6 Å². The van der Waals surface area contributed by atoms with Crippen molar-refractivity contribution in [3.05, 3.63) is 75.8 Å². The number of alkyl halides is 3. The molecule has 0 bridgehead atoms. The van der Waals surface area contributed by atoms with Crippen LogP contribution in [0.3, 0.4) is 0 Å². The van der Waals surface area contributed by atoms with Crippen LogP contribution in [0.15, 0.2) is 48.7 Å². The van der Waals surface area contributed by atoms with Gasteiger partial charge >= 0.3 is 6.36 Å². The molecule has 0 spiro atoms. The second-order valence-electron chi connectivity index (χ2n) is 10.3. The highest BCUT2D eigenvalue weighted by molar-refractivity contribution is 5.96. The number of hydrogen-bond donors (Lipinski definition) is 1. The molecule has 40 heavy (non-hydrogen) atoms. The lowest BCUT2D eigenvalue weighted by Gasteiger charge is -2.41. The van der Waals surface area contributed by atoms with Crippen molar-refractivity contribution < 1.29 is 32.2 Å². The van der Waals surface area contributed by atoms with E-state index in [9.17, 15) is 22.8 Å². The smallest absolute Gasteiger partial charge is 0.406 e. The SMILES string of the molecule is C=C(C)N(C=c1c(C)c(C(=O)NCCOC2CC2)ccc1=C)CC1CN(C(=O)c2ccc(OC(F)(F)F)cc2)C1. The Bertz CT molecular complexity index is 1360. The van der Waals surface area contributed by atoms with Gasteiger partial charge in [0.1, 0.15) is 5.75 Å². The van der Waals surface area contributed by atoms with E-state index < -0.39 is 6.36 Å². The monoisotopic (exact) mass is 557 g/mol. The second kappa shape index (κ2) is 12.2. The summed E-state index contributed by atoms with van der Waals surface area (Å²) in [5, 5.41) is 4.52. The molecule has 0 aromatic heterocycles. The Labute approximate surface area is 231 Å². The van der Waals surface area contributed by atoms with Gasteiger partial charge in [-0.2, -0.15) is 0 Å². The Balaban J connectivity index is 1.37. The van der Waals surface area contributed by atoms with Gasteiger partial charge in [0, 0.05) is 60.3 Å². The standard InChI is InChI=1S/C30H34F3N3O4/c1-19(2)35(15-22-16-36(17-22)29(38)23-6-8-25(9-7-23)40-30(31,32)33)18-27-20(3)5-12-26(21(27)4)28(37)34-13-14-39-24-10-11-24/h5-9,12,18,22,24H,1,3,10-11,13-17H2,2,4H3,(H,34,37). The lowest BCUT2D eigenvalue weighted by atomic mass is 9.97. The molecule has 10 heteroatoms. The first kappa shape index (κ1) is 29.2. The highest BCUT2D eigenvalue weighted by Gasteiger charge is 2.33. The summed E-state index contributed by atoms with van der Waals surface area (Å²) < 4.78 is 46.6. The third-order valence-corrected chi connectivity index (χ3v) is 6.92. The summed E-state index contributed by atoms with van der Waals surface area (Å²) in [4.78, 5) is 29.2. The molecule has 1 aliphatic heterocycles. The van der Waals surface area contributed by atoms with Gasteiger partial charge in [0.25, 0.3) is 11.8 Å².